The Balaban J connectivity index is 0.00000162. The lowest BCUT2D eigenvalue weighted by Gasteiger charge is -2.37. The number of hydrogen-bond acceptors (Lipinski definition) is 3. The van der Waals surface area contributed by atoms with Gasteiger partial charge in [-0.2, -0.15) is 0 Å². The van der Waals surface area contributed by atoms with Gasteiger partial charge in [0.05, 0.1) is 6.04 Å². The van der Waals surface area contributed by atoms with Crippen LogP contribution >= 0.6 is 12.4 Å². The highest BCUT2D eigenvalue weighted by Gasteiger charge is 2.28. The summed E-state index contributed by atoms with van der Waals surface area (Å²) in [6, 6.07) is 4.07. The minimum Gasteiger partial charge on any atom is -0.333 e. The molecule has 5 heteroatoms. The lowest BCUT2D eigenvalue weighted by atomic mass is 10.0. The van der Waals surface area contributed by atoms with Gasteiger partial charge in [0.2, 0.25) is 5.91 Å². The van der Waals surface area contributed by atoms with Crippen molar-refractivity contribution in [3.63, 3.8) is 0 Å². The quantitative estimate of drug-likeness (QED) is 0.888. The second-order valence-corrected chi connectivity index (χ2v) is 4.69. The first kappa shape index (κ1) is 14.9. The molecule has 0 saturated carbocycles. The van der Waals surface area contributed by atoms with Crippen LogP contribution in [-0.4, -0.2) is 35.4 Å². The summed E-state index contributed by atoms with van der Waals surface area (Å²) in [6.07, 6.45) is 3.60. The van der Waals surface area contributed by atoms with E-state index >= 15 is 0 Å². The van der Waals surface area contributed by atoms with Crippen molar-refractivity contribution in [3.8, 4) is 0 Å². The molecule has 1 aliphatic heterocycles. The third kappa shape index (κ3) is 3.21. The predicted octanol–water partition coefficient (Wildman–Crippen LogP) is 1.63. The van der Waals surface area contributed by atoms with Crippen molar-refractivity contribution in [1.29, 1.82) is 0 Å². The first-order valence-corrected chi connectivity index (χ1v) is 6.11. The maximum absolute atomic E-state index is 12.2. The fraction of sp³-hybridized carbons (Fsp3) is 0.538. The van der Waals surface area contributed by atoms with Gasteiger partial charge in [-0.25, -0.2) is 0 Å². The maximum atomic E-state index is 12.2. The highest BCUT2D eigenvalue weighted by molar-refractivity contribution is 5.85. The SMILES string of the molecule is CC(C)C(=O)N1CCNCC1c1cccnc1.Cl. The summed E-state index contributed by atoms with van der Waals surface area (Å²) in [4.78, 5) is 18.3. The van der Waals surface area contributed by atoms with E-state index in [2.05, 4.69) is 10.3 Å². The Hall–Kier alpha value is -1.13. The summed E-state index contributed by atoms with van der Waals surface area (Å²) < 4.78 is 0. The van der Waals surface area contributed by atoms with E-state index in [1.165, 1.54) is 0 Å². The summed E-state index contributed by atoms with van der Waals surface area (Å²) in [5.41, 5.74) is 1.11. The number of pyridine rings is 1. The zero-order valence-corrected chi connectivity index (χ0v) is 11.6. The van der Waals surface area contributed by atoms with Crippen LogP contribution in [0.25, 0.3) is 0 Å². The molecule has 0 spiro atoms. The van der Waals surface area contributed by atoms with E-state index in [0.717, 1.165) is 25.2 Å². The highest BCUT2D eigenvalue weighted by Crippen LogP contribution is 2.22. The molecule has 0 bridgehead atoms. The van der Waals surface area contributed by atoms with E-state index in [1.54, 1.807) is 6.20 Å². The smallest absolute Gasteiger partial charge is 0.225 e. The Morgan fingerprint density at radius 3 is 2.94 bits per heavy atom. The number of nitrogens with one attached hydrogen (secondary N) is 1. The van der Waals surface area contributed by atoms with Crippen molar-refractivity contribution < 1.29 is 4.79 Å². The summed E-state index contributed by atoms with van der Waals surface area (Å²) in [5.74, 6) is 0.271. The molecule has 1 unspecified atom stereocenters. The predicted molar refractivity (Wildman–Crippen MR) is 73.6 cm³/mol. The molecule has 1 saturated heterocycles. The number of halogens is 1. The zero-order chi connectivity index (χ0) is 12.3. The molecule has 2 rings (SSSR count). The summed E-state index contributed by atoms with van der Waals surface area (Å²) in [6.45, 7) is 6.35. The lowest BCUT2D eigenvalue weighted by molar-refractivity contribution is -0.137. The van der Waals surface area contributed by atoms with E-state index in [-0.39, 0.29) is 30.3 Å². The molecular formula is C13H20ClN3O. The molecule has 4 nitrogen and oxygen atoms in total. The third-order valence-electron chi connectivity index (χ3n) is 3.09. The molecule has 1 aromatic rings. The summed E-state index contributed by atoms with van der Waals surface area (Å²) in [7, 11) is 0. The third-order valence-corrected chi connectivity index (χ3v) is 3.09. The van der Waals surface area contributed by atoms with E-state index in [4.69, 9.17) is 0 Å². The van der Waals surface area contributed by atoms with Gasteiger partial charge in [0.15, 0.2) is 0 Å². The van der Waals surface area contributed by atoms with Crippen molar-refractivity contribution in [2.75, 3.05) is 19.6 Å². The highest BCUT2D eigenvalue weighted by atomic mass is 35.5. The summed E-state index contributed by atoms with van der Waals surface area (Å²) in [5, 5.41) is 3.34. The average Bonchev–Trinajstić information content (AvgIpc) is 2.39. The topological polar surface area (TPSA) is 45.2 Å². The molecule has 100 valence electrons. The monoisotopic (exact) mass is 269 g/mol. The minimum absolute atomic E-state index is 0. The van der Waals surface area contributed by atoms with Crippen molar-refractivity contribution in [3.05, 3.63) is 30.1 Å². The van der Waals surface area contributed by atoms with Gasteiger partial charge in [-0.15, -0.1) is 12.4 Å². The Labute approximate surface area is 114 Å². The van der Waals surface area contributed by atoms with E-state index < -0.39 is 0 Å². The maximum Gasteiger partial charge on any atom is 0.225 e. The number of carbonyl (C=O) groups excluding carboxylic acids is 1. The van der Waals surface area contributed by atoms with Gasteiger partial charge in [0, 0.05) is 37.9 Å². The zero-order valence-electron chi connectivity index (χ0n) is 10.8. The number of carbonyl (C=O) groups is 1. The van der Waals surface area contributed by atoms with Gasteiger partial charge in [0.25, 0.3) is 0 Å². The number of piperazine rings is 1. The van der Waals surface area contributed by atoms with Gasteiger partial charge in [-0.05, 0) is 11.6 Å². The Bertz CT molecular complexity index is 383. The molecule has 1 fully saturated rings. The van der Waals surface area contributed by atoms with Crippen LogP contribution in [0, 0.1) is 5.92 Å². The van der Waals surface area contributed by atoms with Gasteiger partial charge in [-0.1, -0.05) is 19.9 Å². The standard InChI is InChI=1S/C13H19N3O.ClH/c1-10(2)13(17)16-7-6-15-9-12(16)11-4-3-5-14-8-11;/h3-5,8,10,12,15H,6-7,9H2,1-2H3;1H. The Morgan fingerprint density at radius 2 is 2.33 bits per heavy atom. The normalized spacial score (nSPS) is 19.5. The number of amides is 1. The number of nitrogens with zero attached hydrogens (tertiary/aromatic N) is 2. The lowest BCUT2D eigenvalue weighted by Crippen LogP contribution is -2.49. The van der Waals surface area contributed by atoms with Crippen LogP contribution in [0.2, 0.25) is 0 Å². The van der Waals surface area contributed by atoms with Crippen molar-refractivity contribution in [2.24, 2.45) is 5.92 Å². The Morgan fingerprint density at radius 1 is 1.56 bits per heavy atom. The first-order chi connectivity index (χ1) is 8.20. The average molecular weight is 270 g/mol. The summed E-state index contributed by atoms with van der Waals surface area (Å²) >= 11 is 0. The molecular weight excluding hydrogens is 250 g/mol. The van der Waals surface area contributed by atoms with Crippen molar-refractivity contribution in [2.45, 2.75) is 19.9 Å². The second-order valence-electron chi connectivity index (χ2n) is 4.69. The molecule has 2 heterocycles. The van der Waals surface area contributed by atoms with E-state index in [0.29, 0.717) is 0 Å². The first-order valence-electron chi connectivity index (χ1n) is 6.11. The van der Waals surface area contributed by atoms with Crippen molar-refractivity contribution in [1.82, 2.24) is 15.2 Å². The van der Waals surface area contributed by atoms with Gasteiger partial charge >= 0.3 is 0 Å². The molecule has 1 N–H and O–H groups in total. The van der Waals surface area contributed by atoms with Crippen LogP contribution in [-0.2, 0) is 4.79 Å². The molecule has 0 radical (unpaired) electrons. The fourth-order valence-electron chi connectivity index (χ4n) is 2.17. The molecule has 0 aromatic carbocycles. The van der Waals surface area contributed by atoms with Crippen molar-refractivity contribution >= 4 is 18.3 Å². The molecule has 1 amide bonds. The number of aromatic nitrogens is 1. The van der Waals surface area contributed by atoms with Crippen LogP contribution in [0.4, 0.5) is 0 Å². The molecule has 1 atom stereocenters. The van der Waals surface area contributed by atoms with E-state index in [9.17, 15) is 4.79 Å². The van der Waals surface area contributed by atoms with Crippen LogP contribution < -0.4 is 5.32 Å². The van der Waals surface area contributed by atoms with Crippen LogP contribution in [0.15, 0.2) is 24.5 Å². The Kier molecular flexibility index (Phi) is 5.56. The fourth-order valence-corrected chi connectivity index (χ4v) is 2.17. The number of hydrogen-bond donors (Lipinski definition) is 1. The minimum atomic E-state index is 0. The number of rotatable bonds is 2. The molecule has 1 aliphatic rings. The van der Waals surface area contributed by atoms with Gasteiger partial charge in [0.1, 0.15) is 0 Å². The van der Waals surface area contributed by atoms with Crippen LogP contribution in [0.3, 0.4) is 0 Å². The molecule has 1 aromatic heterocycles. The molecule has 18 heavy (non-hydrogen) atoms. The largest absolute Gasteiger partial charge is 0.333 e. The van der Waals surface area contributed by atoms with E-state index in [1.807, 2.05) is 37.1 Å². The van der Waals surface area contributed by atoms with Gasteiger partial charge < -0.3 is 10.2 Å². The van der Waals surface area contributed by atoms with Crippen LogP contribution in [0.1, 0.15) is 25.5 Å². The van der Waals surface area contributed by atoms with Crippen LogP contribution in [0.5, 0.6) is 0 Å². The molecule has 0 aliphatic carbocycles. The van der Waals surface area contributed by atoms with Gasteiger partial charge in [-0.3, -0.25) is 9.78 Å². The second kappa shape index (κ2) is 6.71.